The number of aryl methyl sites for hydroxylation is 1. The van der Waals surface area contributed by atoms with Gasteiger partial charge in [-0.25, -0.2) is 4.98 Å². The van der Waals surface area contributed by atoms with E-state index in [1.807, 2.05) is 0 Å². The molecule has 1 saturated carbocycles. The Bertz CT molecular complexity index is 901. The van der Waals surface area contributed by atoms with E-state index in [1.54, 1.807) is 11.3 Å². The number of nitrogens with zero attached hydrogens (tertiary/aromatic N) is 2. The molecule has 0 radical (unpaired) electrons. The minimum Gasteiger partial charge on any atom is -0.309 e. The first kappa shape index (κ1) is 17.9. The molecule has 4 unspecified atom stereocenters. The summed E-state index contributed by atoms with van der Waals surface area (Å²) in [5.74, 6) is 3.37. The third-order valence-electron chi connectivity index (χ3n) is 7.45. The first-order valence-corrected chi connectivity index (χ1v) is 11.7. The summed E-state index contributed by atoms with van der Waals surface area (Å²) in [5.41, 5.74) is 1.37. The summed E-state index contributed by atoms with van der Waals surface area (Å²) in [6, 6.07) is 0.197. The molecule has 5 heteroatoms. The zero-order chi connectivity index (χ0) is 18.5. The second-order valence-corrected chi connectivity index (χ2v) is 10.3. The lowest BCUT2D eigenvalue weighted by atomic mass is 9.75. The Balaban J connectivity index is 1.44. The molecule has 146 valence electrons. The molecule has 2 aromatic heterocycles. The first-order chi connectivity index (χ1) is 13.1. The van der Waals surface area contributed by atoms with Crippen molar-refractivity contribution in [2.75, 3.05) is 13.1 Å². The Morgan fingerprint density at radius 1 is 1.19 bits per heavy atom. The van der Waals surface area contributed by atoms with Gasteiger partial charge in [0, 0.05) is 11.4 Å². The van der Waals surface area contributed by atoms with Crippen molar-refractivity contribution >= 4 is 21.6 Å². The summed E-state index contributed by atoms with van der Waals surface area (Å²) in [6.45, 7) is 6.85. The normalized spacial score (nSPS) is 30.1. The first-order valence-electron chi connectivity index (χ1n) is 10.9. The fourth-order valence-electron chi connectivity index (χ4n) is 5.72. The summed E-state index contributed by atoms with van der Waals surface area (Å²) >= 11 is 1.76. The van der Waals surface area contributed by atoms with Gasteiger partial charge in [-0.3, -0.25) is 9.69 Å². The number of piperidine rings is 1. The number of fused-ring (bicyclic) bond motifs is 4. The molecule has 2 aliphatic carbocycles. The highest BCUT2D eigenvalue weighted by Crippen LogP contribution is 2.39. The van der Waals surface area contributed by atoms with Crippen molar-refractivity contribution in [2.24, 2.45) is 17.8 Å². The maximum atomic E-state index is 12.9. The van der Waals surface area contributed by atoms with Gasteiger partial charge < -0.3 is 4.98 Å². The van der Waals surface area contributed by atoms with E-state index < -0.39 is 0 Å². The molecule has 0 bridgehead atoms. The number of aromatic amines is 1. The summed E-state index contributed by atoms with van der Waals surface area (Å²) in [5, 5.41) is 0.879. The highest BCUT2D eigenvalue weighted by Gasteiger charge is 2.34. The SMILES string of the molecule is CC1CCc2c(sc3nc(C(C)N4CCC5CCCCC5C4)[nH]c(=O)c23)C1. The Kier molecular flexibility index (Phi) is 4.63. The summed E-state index contributed by atoms with van der Waals surface area (Å²) in [4.78, 5) is 26.0. The lowest BCUT2D eigenvalue weighted by Gasteiger charge is -2.43. The lowest BCUT2D eigenvalue weighted by molar-refractivity contribution is 0.0591. The van der Waals surface area contributed by atoms with Crippen LogP contribution in [0.2, 0.25) is 0 Å². The number of hydrogen-bond donors (Lipinski definition) is 1. The van der Waals surface area contributed by atoms with Gasteiger partial charge in [0.15, 0.2) is 0 Å². The van der Waals surface area contributed by atoms with E-state index in [2.05, 4.69) is 23.7 Å². The van der Waals surface area contributed by atoms with Crippen LogP contribution in [-0.4, -0.2) is 28.0 Å². The quantitative estimate of drug-likeness (QED) is 0.816. The average Bonchev–Trinajstić information content (AvgIpc) is 3.04. The minimum atomic E-state index is 0.0847. The minimum absolute atomic E-state index is 0.0847. The van der Waals surface area contributed by atoms with E-state index in [-0.39, 0.29) is 11.6 Å². The van der Waals surface area contributed by atoms with Crippen LogP contribution in [0.25, 0.3) is 10.2 Å². The van der Waals surface area contributed by atoms with E-state index in [4.69, 9.17) is 4.98 Å². The molecule has 1 aliphatic heterocycles. The molecule has 0 spiro atoms. The van der Waals surface area contributed by atoms with Crippen molar-refractivity contribution in [3.8, 4) is 0 Å². The predicted molar refractivity (Wildman–Crippen MR) is 111 cm³/mol. The molecule has 0 aromatic carbocycles. The van der Waals surface area contributed by atoms with Gasteiger partial charge in [-0.15, -0.1) is 11.3 Å². The monoisotopic (exact) mass is 385 g/mol. The number of thiophene rings is 1. The highest BCUT2D eigenvalue weighted by atomic mass is 32.1. The van der Waals surface area contributed by atoms with Gasteiger partial charge in [-0.1, -0.05) is 26.2 Å². The lowest BCUT2D eigenvalue weighted by Crippen LogP contribution is -2.43. The molecule has 4 nitrogen and oxygen atoms in total. The topological polar surface area (TPSA) is 49.0 Å². The van der Waals surface area contributed by atoms with Gasteiger partial charge in [-0.05, 0) is 68.9 Å². The maximum absolute atomic E-state index is 12.9. The Morgan fingerprint density at radius 3 is 2.85 bits per heavy atom. The number of likely N-dealkylation sites (tertiary alicyclic amines) is 1. The Hall–Kier alpha value is -1.20. The smallest absolute Gasteiger partial charge is 0.259 e. The molecular formula is C22H31N3OS. The Morgan fingerprint density at radius 2 is 2.00 bits per heavy atom. The molecule has 1 saturated heterocycles. The standard InChI is InChI=1S/C22H31N3OS/c1-13-7-8-17-18(11-13)27-22-19(17)21(26)23-20(24-22)14(2)25-10-9-15-5-3-4-6-16(15)12-25/h13-16H,3-12H2,1-2H3,(H,23,24,26). The molecule has 0 amide bonds. The highest BCUT2D eigenvalue weighted by molar-refractivity contribution is 7.18. The number of hydrogen-bond acceptors (Lipinski definition) is 4. The van der Waals surface area contributed by atoms with E-state index >= 15 is 0 Å². The third kappa shape index (κ3) is 3.17. The van der Waals surface area contributed by atoms with Crippen molar-refractivity contribution in [3.63, 3.8) is 0 Å². The molecule has 3 heterocycles. The predicted octanol–water partition coefficient (Wildman–Crippen LogP) is 4.68. The van der Waals surface area contributed by atoms with Gasteiger partial charge in [0.25, 0.3) is 5.56 Å². The van der Waals surface area contributed by atoms with Crippen molar-refractivity contribution in [1.82, 2.24) is 14.9 Å². The van der Waals surface area contributed by atoms with Gasteiger partial charge >= 0.3 is 0 Å². The maximum Gasteiger partial charge on any atom is 0.259 e. The zero-order valence-electron chi connectivity index (χ0n) is 16.6. The van der Waals surface area contributed by atoms with Gasteiger partial charge in [0.1, 0.15) is 10.7 Å². The number of rotatable bonds is 2. The number of nitrogens with one attached hydrogen (secondary N) is 1. The van der Waals surface area contributed by atoms with Crippen LogP contribution in [0, 0.1) is 17.8 Å². The van der Waals surface area contributed by atoms with Crippen LogP contribution in [-0.2, 0) is 12.8 Å². The van der Waals surface area contributed by atoms with E-state index in [9.17, 15) is 4.79 Å². The molecule has 27 heavy (non-hydrogen) atoms. The average molecular weight is 386 g/mol. The van der Waals surface area contributed by atoms with E-state index in [0.717, 1.165) is 53.2 Å². The van der Waals surface area contributed by atoms with E-state index in [0.29, 0.717) is 0 Å². The van der Waals surface area contributed by atoms with Crippen LogP contribution < -0.4 is 5.56 Å². The molecule has 5 rings (SSSR count). The summed E-state index contributed by atoms with van der Waals surface area (Å²) in [6.07, 6.45) is 10.3. The van der Waals surface area contributed by atoms with Crippen molar-refractivity contribution in [3.05, 3.63) is 26.6 Å². The van der Waals surface area contributed by atoms with Gasteiger partial charge in [0.05, 0.1) is 11.4 Å². The molecular weight excluding hydrogens is 354 g/mol. The van der Waals surface area contributed by atoms with Crippen molar-refractivity contribution < 1.29 is 0 Å². The van der Waals surface area contributed by atoms with Gasteiger partial charge in [-0.2, -0.15) is 0 Å². The molecule has 4 atom stereocenters. The molecule has 2 aromatic rings. The Labute approximate surface area is 165 Å². The number of aromatic nitrogens is 2. The molecule has 3 aliphatic rings. The van der Waals surface area contributed by atoms with Crippen LogP contribution in [0.1, 0.15) is 74.7 Å². The van der Waals surface area contributed by atoms with Crippen molar-refractivity contribution in [1.29, 1.82) is 0 Å². The van der Waals surface area contributed by atoms with Crippen LogP contribution in [0.15, 0.2) is 4.79 Å². The largest absolute Gasteiger partial charge is 0.309 e. The van der Waals surface area contributed by atoms with E-state index in [1.165, 1.54) is 55.5 Å². The van der Waals surface area contributed by atoms with Crippen LogP contribution >= 0.6 is 11.3 Å². The molecule has 1 N–H and O–H groups in total. The number of H-pyrrole nitrogens is 1. The fraction of sp³-hybridized carbons (Fsp3) is 0.727. The second-order valence-electron chi connectivity index (χ2n) is 9.25. The third-order valence-corrected chi connectivity index (χ3v) is 8.60. The summed E-state index contributed by atoms with van der Waals surface area (Å²) in [7, 11) is 0. The van der Waals surface area contributed by atoms with Crippen LogP contribution in [0.4, 0.5) is 0 Å². The van der Waals surface area contributed by atoms with Crippen molar-refractivity contribution in [2.45, 2.75) is 71.3 Å². The molecule has 2 fully saturated rings. The fourth-order valence-corrected chi connectivity index (χ4v) is 7.11. The second kappa shape index (κ2) is 7.00. The zero-order valence-corrected chi connectivity index (χ0v) is 17.4. The summed E-state index contributed by atoms with van der Waals surface area (Å²) < 4.78 is 0. The van der Waals surface area contributed by atoms with Gasteiger partial charge in [0.2, 0.25) is 0 Å². The van der Waals surface area contributed by atoms with Crippen LogP contribution in [0.3, 0.4) is 0 Å². The van der Waals surface area contributed by atoms with Crippen LogP contribution in [0.5, 0.6) is 0 Å².